The minimum absolute atomic E-state index is 0.103. The van der Waals surface area contributed by atoms with Crippen LogP contribution in [0.25, 0.3) is 11.4 Å². The molecule has 3 aromatic heterocycles. The molecule has 0 saturated carbocycles. The first-order chi connectivity index (χ1) is 14.6. The Labute approximate surface area is 175 Å². The molecule has 0 bridgehead atoms. The lowest BCUT2D eigenvalue weighted by Crippen LogP contribution is -2.26. The summed E-state index contributed by atoms with van der Waals surface area (Å²) in [7, 11) is 0. The van der Waals surface area contributed by atoms with Crippen molar-refractivity contribution < 1.29 is 0 Å². The molecule has 8 heteroatoms. The van der Waals surface area contributed by atoms with E-state index in [1.807, 2.05) is 19.1 Å². The second-order valence-electron chi connectivity index (χ2n) is 8.32. The molecule has 156 valence electrons. The maximum absolute atomic E-state index is 12.1. The fourth-order valence-electron chi connectivity index (χ4n) is 4.54. The van der Waals surface area contributed by atoms with Gasteiger partial charge in [0.25, 0.3) is 5.56 Å². The molecule has 0 radical (unpaired) electrons. The highest BCUT2D eigenvalue weighted by Gasteiger charge is 2.32. The number of pyridine rings is 1. The van der Waals surface area contributed by atoms with E-state index in [0.29, 0.717) is 11.4 Å². The van der Waals surface area contributed by atoms with Gasteiger partial charge in [-0.3, -0.25) is 4.79 Å². The number of anilines is 1. The van der Waals surface area contributed by atoms with E-state index in [0.717, 1.165) is 61.1 Å². The minimum Gasteiger partial charge on any atom is -0.346 e. The largest absolute Gasteiger partial charge is 0.346 e. The van der Waals surface area contributed by atoms with Crippen LogP contribution in [0.5, 0.6) is 0 Å². The van der Waals surface area contributed by atoms with Crippen molar-refractivity contribution in [2.75, 3.05) is 11.4 Å². The Balaban J connectivity index is 1.43. The summed E-state index contributed by atoms with van der Waals surface area (Å²) in [6.07, 6.45) is 8.64. The molecule has 5 rings (SSSR count). The fourth-order valence-corrected chi connectivity index (χ4v) is 4.54. The predicted octanol–water partition coefficient (Wildman–Crippen LogP) is 3.11. The Bertz CT molecular complexity index is 1120. The molecule has 8 nitrogen and oxygen atoms in total. The van der Waals surface area contributed by atoms with Gasteiger partial charge in [0.2, 0.25) is 0 Å². The highest BCUT2D eigenvalue weighted by Crippen LogP contribution is 2.35. The quantitative estimate of drug-likeness (QED) is 0.720. The van der Waals surface area contributed by atoms with E-state index < -0.39 is 0 Å². The predicted molar refractivity (Wildman–Crippen MR) is 114 cm³/mol. The second-order valence-corrected chi connectivity index (χ2v) is 8.32. The third kappa shape index (κ3) is 3.30. The van der Waals surface area contributed by atoms with Crippen molar-refractivity contribution in [3.8, 4) is 11.4 Å². The van der Waals surface area contributed by atoms with Gasteiger partial charge in [0.05, 0.1) is 6.04 Å². The Morgan fingerprint density at radius 2 is 1.97 bits per heavy atom. The van der Waals surface area contributed by atoms with Crippen LogP contribution in [0.3, 0.4) is 0 Å². The number of hydrogen-bond donors (Lipinski definition) is 1. The smallest absolute Gasteiger partial charge is 0.254 e. The number of aromatic nitrogens is 6. The molecule has 3 aromatic rings. The lowest BCUT2D eigenvalue weighted by atomic mass is 10.2. The first kappa shape index (κ1) is 19.0. The summed E-state index contributed by atoms with van der Waals surface area (Å²) in [4.78, 5) is 26.5. The Morgan fingerprint density at radius 1 is 1.07 bits per heavy atom. The summed E-state index contributed by atoms with van der Waals surface area (Å²) in [6, 6.07) is 4.21. The molecule has 1 atom stereocenters. The van der Waals surface area contributed by atoms with E-state index >= 15 is 0 Å². The number of fused-ring (bicyclic) bond motifs is 1. The molecule has 0 amide bonds. The molecule has 1 fully saturated rings. The summed E-state index contributed by atoms with van der Waals surface area (Å²) < 4.78 is 2.34. The van der Waals surface area contributed by atoms with Crippen LogP contribution in [0.1, 0.15) is 61.1 Å². The lowest BCUT2D eigenvalue weighted by Gasteiger charge is -2.25. The SMILES string of the molecule is Cc1nc(-c2ccc(N3CCCC3c3nnc4n3CCCCC4)nc2)[nH]c(=O)c1C. The van der Waals surface area contributed by atoms with E-state index in [1.165, 1.54) is 19.3 Å². The van der Waals surface area contributed by atoms with Crippen LogP contribution in [0.2, 0.25) is 0 Å². The average Bonchev–Trinajstić information content (AvgIpc) is 3.32. The van der Waals surface area contributed by atoms with Crippen molar-refractivity contribution >= 4 is 5.82 Å². The van der Waals surface area contributed by atoms with Crippen molar-refractivity contribution in [2.24, 2.45) is 0 Å². The standard InChI is InChI=1S/C22H27N7O/c1-14-15(2)24-20(25-22(14)30)16-9-10-18(23-13-16)28-12-6-7-17(28)21-27-26-19-8-4-3-5-11-29(19)21/h9-10,13,17H,3-8,11-12H2,1-2H3,(H,24,25,30). The highest BCUT2D eigenvalue weighted by molar-refractivity contribution is 5.57. The van der Waals surface area contributed by atoms with Gasteiger partial charge in [-0.05, 0) is 51.7 Å². The summed E-state index contributed by atoms with van der Waals surface area (Å²) in [5, 5.41) is 9.07. The normalized spacial score (nSPS) is 19.0. The monoisotopic (exact) mass is 405 g/mol. The zero-order valence-corrected chi connectivity index (χ0v) is 17.6. The number of nitrogens with zero attached hydrogens (tertiary/aromatic N) is 6. The van der Waals surface area contributed by atoms with E-state index in [2.05, 4.69) is 29.6 Å². The topological polar surface area (TPSA) is 92.6 Å². The molecule has 1 saturated heterocycles. The van der Waals surface area contributed by atoms with Gasteiger partial charge in [0, 0.05) is 42.5 Å². The highest BCUT2D eigenvalue weighted by atomic mass is 16.1. The maximum atomic E-state index is 12.1. The second kappa shape index (κ2) is 7.66. The first-order valence-corrected chi connectivity index (χ1v) is 10.8. The van der Waals surface area contributed by atoms with Gasteiger partial charge >= 0.3 is 0 Å². The van der Waals surface area contributed by atoms with Crippen LogP contribution in [-0.2, 0) is 13.0 Å². The van der Waals surface area contributed by atoms with Gasteiger partial charge in [-0.1, -0.05) is 6.42 Å². The van der Waals surface area contributed by atoms with Crippen LogP contribution in [0.4, 0.5) is 5.82 Å². The van der Waals surface area contributed by atoms with Crippen molar-refractivity contribution in [2.45, 2.75) is 65.0 Å². The molecule has 30 heavy (non-hydrogen) atoms. The van der Waals surface area contributed by atoms with E-state index in [-0.39, 0.29) is 11.6 Å². The Hall–Kier alpha value is -3.03. The Kier molecular flexibility index (Phi) is 4.84. The number of rotatable bonds is 3. The molecule has 0 aliphatic carbocycles. The van der Waals surface area contributed by atoms with Crippen molar-refractivity contribution in [1.82, 2.24) is 29.7 Å². The van der Waals surface area contributed by atoms with E-state index in [1.54, 1.807) is 13.1 Å². The molecule has 0 spiro atoms. The molecule has 0 aromatic carbocycles. The molecular weight excluding hydrogens is 378 g/mol. The van der Waals surface area contributed by atoms with Gasteiger partial charge < -0.3 is 14.5 Å². The lowest BCUT2D eigenvalue weighted by molar-refractivity contribution is 0.558. The van der Waals surface area contributed by atoms with Gasteiger partial charge in [0.1, 0.15) is 17.5 Å². The van der Waals surface area contributed by atoms with Gasteiger partial charge in [-0.25, -0.2) is 9.97 Å². The molecular formula is C22H27N7O. The van der Waals surface area contributed by atoms with Gasteiger partial charge in [0.15, 0.2) is 5.82 Å². The van der Waals surface area contributed by atoms with Crippen LogP contribution < -0.4 is 10.5 Å². The van der Waals surface area contributed by atoms with Gasteiger partial charge in [-0.15, -0.1) is 10.2 Å². The molecule has 2 aliphatic rings. The third-order valence-electron chi connectivity index (χ3n) is 6.40. The van der Waals surface area contributed by atoms with E-state index in [4.69, 9.17) is 4.98 Å². The Morgan fingerprint density at radius 3 is 2.77 bits per heavy atom. The first-order valence-electron chi connectivity index (χ1n) is 10.8. The zero-order chi connectivity index (χ0) is 20.7. The van der Waals surface area contributed by atoms with Crippen LogP contribution in [-0.4, -0.2) is 36.3 Å². The summed E-state index contributed by atoms with van der Waals surface area (Å²) in [5.74, 6) is 3.69. The fraction of sp³-hybridized carbons (Fsp3) is 0.500. The summed E-state index contributed by atoms with van der Waals surface area (Å²) in [6.45, 7) is 5.61. The van der Waals surface area contributed by atoms with Crippen LogP contribution in [0.15, 0.2) is 23.1 Å². The van der Waals surface area contributed by atoms with Crippen molar-refractivity contribution in [3.05, 3.63) is 51.6 Å². The molecule has 1 unspecified atom stereocenters. The van der Waals surface area contributed by atoms with Gasteiger partial charge in [-0.2, -0.15) is 0 Å². The summed E-state index contributed by atoms with van der Waals surface area (Å²) >= 11 is 0. The number of hydrogen-bond acceptors (Lipinski definition) is 6. The molecule has 5 heterocycles. The number of aryl methyl sites for hydroxylation is 2. The van der Waals surface area contributed by atoms with E-state index in [9.17, 15) is 4.79 Å². The minimum atomic E-state index is -0.103. The molecule has 1 N–H and O–H groups in total. The van der Waals surface area contributed by atoms with Crippen LogP contribution >= 0.6 is 0 Å². The number of nitrogens with one attached hydrogen (secondary N) is 1. The van der Waals surface area contributed by atoms with Crippen molar-refractivity contribution in [3.63, 3.8) is 0 Å². The van der Waals surface area contributed by atoms with Crippen LogP contribution in [0, 0.1) is 13.8 Å². The summed E-state index contributed by atoms with van der Waals surface area (Å²) in [5.41, 5.74) is 2.10. The third-order valence-corrected chi connectivity index (χ3v) is 6.40. The average molecular weight is 406 g/mol. The number of H-pyrrole nitrogens is 1. The zero-order valence-electron chi connectivity index (χ0n) is 17.6. The number of aromatic amines is 1. The molecule has 2 aliphatic heterocycles. The maximum Gasteiger partial charge on any atom is 0.254 e. The van der Waals surface area contributed by atoms with Crippen molar-refractivity contribution in [1.29, 1.82) is 0 Å².